The second-order valence-corrected chi connectivity index (χ2v) is 6.30. The van der Waals surface area contributed by atoms with Crippen LogP contribution in [0.5, 0.6) is 5.75 Å². The van der Waals surface area contributed by atoms with Crippen molar-refractivity contribution in [1.29, 1.82) is 0 Å². The van der Waals surface area contributed by atoms with Crippen LogP contribution < -0.4 is 10.1 Å². The molecule has 1 atom stereocenters. The summed E-state index contributed by atoms with van der Waals surface area (Å²) >= 11 is 0. The van der Waals surface area contributed by atoms with E-state index < -0.39 is 5.54 Å². The lowest BCUT2D eigenvalue weighted by Gasteiger charge is -2.29. The highest BCUT2D eigenvalue weighted by molar-refractivity contribution is 6.14. The molecule has 0 fully saturated rings. The van der Waals surface area contributed by atoms with Crippen LogP contribution in [0.2, 0.25) is 0 Å². The van der Waals surface area contributed by atoms with Gasteiger partial charge in [0.2, 0.25) is 0 Å². The molecule has 3 nitrogen and oxygen atoms in total. The number of nitrogens with one attached hydrogen (secondary N) is 1. The number of benzene rings is 3. The van der Waals surface area contributed by atoms with Gasteiger partial charge in [0, 0.05) is 17.7 Å². The first-order chi connectivity index (χ1) is 12.2. The van der Waals surface area contributed by atoms with Crippen molar-refractivity contribution in [3.63, 3.8) is 0 Å². The van der Waals surface area contributed by atoms with Gasteiger partial charge in [0.1, 0.15) is 11.3 Å². The summed E-state index contributed by atoms with van der Waals surface area (Å²) in [4.78, 5) is 13.5. The van der Waals surface area contributed by atoms with Crippen molar-refractivity contribution in [2.24, 2.45) is 0 Å². The maximum absolute atomic E-state index is 13.5. The molecule has 3 heteroatoms. The summed E-state index contributed by atoms with van der Waals surface area (Å²) in [7, 11) is 1.61. The zero-order valence-electron chi connectivity index (χ0n) is 14.0. The number of rotatable bonds is 4. The lowest BCUT2D eigenvalue weighted by atomic mass is 9.80. The van der Waals surface area contributed by atoms with Gasteiger partial charge in [0.15, 0.2) is 5.78 Å². The van der Waals surface area contributed by atoms with Gasteiger partial charge >= 0.3 is 0 Å². The Morgan fingerprint density at radius 1 is 0.920 bits per heavy atom. The zero-order chi connectivity index (χ0) is 17.3. The molecule has 0 amide bonds. The van der Waals surface area contributed by atoms with E-state index in [1.807, 2.05) is 66.7 Å². The van der Waals surface area contributed by atoms with Crippen molar-refractivity contribution < 1.29 is 9.53 Å². The van der Waals surface area contributed by atoms with Crippen LogP contribution in [-0.4, -0.2) is 12.9 Å². The molecule has 0 spiro atoms. The van der Waals surface area contributed by atoms with Crippen LogP contribution in [0.15, 0.2) is 78.9 Å². The van der Waals surface area contributed by atoms with Crippen molar-refractivity contribution in [2.75, 3.05) is 12.4 Å². The van der Waals surface area contributed by atoms with E-state index in [4.69, 9.17) is 4.74 Å². The third kappa shape index (κ3) is 2.58. The highest BCUT2D eigenvalue weighted by atomic mass is 16.5. The molecule has 0 aliphatic carbocycles. The minimum atomic E-state index is -0.794. The molecular weight excluding hydrogens is 310 g/mol. The summed E-state index contributed by atoms with van der Waals surface area (Å²) in [5.74, 6) is 0.772. The van der Waals surface area contributed by atoms with E-state index in [2.05, 4.69) is 17.4 Å². The zero-order valence-corrected chi connectivity index (χ0v) is 14.0. The van der Waals surface area contributed by atoms with E-state index in [9.17, 15) is 4.79 Å². The predicted octanol–water partition coefficient (Wildman–Crippen LogP) is 4.44. The fraction of sp³-hybridized carbons (Fsp3) is 0.136. The van der Waals surface area contributed by atoms with Crippen molar-refractivity contribution >= 4 is 11.5 Å². The van der Waals surface area contributed by atoms with E-state index >= 15 is 0 Å². The Hall–Kier alpha value is -3.07. The molecule has 4 rings (SSSR count). The topological polar surface area (TPSA) is 38.3 Å². The maximum Gasteiger partial charge on any atom is 0.195 e. The van der Waals surface area contributed by atoms with Crippen LogP contribution in [0.25, 0.3) is 0 Å². The van der Waals surface area contributed by atoms with Gasteiger partial charge in [-0.2, -0.15) is 0 Å². The molecule has 124 valence electrons. The van der Waals surface area contributed by atoms with Crippen LogP contribution in [0, 0.1) is 0 Å². The average Bonchev–Trinajstić information content (AvgIpc) is 2.95. The van der Waals surface area contributed by atoms with Crippen LogP contribution in [-0.2, 0) is 12.0 Å². The first-order valence-electron chi connectivity index (χ1n) is 8.33. The molecule has 0 bridgehead atoms. The number of fused-ring (bicyclic) bond motifs is 1. The van der Waals surface area contributed by atoms with Crippen molar-refractivity contribution in [2.45, 2.75) is 12.0 Å². The molecule has 1 N–H and O–H groups in total. The molecule has 0 saturated carbocycles. The van der Waals surface area contributed by atoms with Gasteiger partial charge in [0.25, 0.3) is 0 Å². The number of anilines is 1. The van der Waals surface area contributed by atoms with Gasteiger partial charge in [0.05, 0.1) is 7.11 Å². The number of ketones is 1. The molecule has 1 heterocycles. The number of hydrogen-bond donors (Lipinski definition) is 1. The van der Waals surface area contributed by atoms with Gasteiger partial charge in [-0.3, -0.25) is 4.79 Å². The van der Waals surface area contributed by atoms with E-state index in [0.717, 1.165) is 16.8 Å². The normalized spacial score (nSPS) is 18.5. The van der Waals surface area contributed by atoms with Crippen molar-refractivity contribution in [3.05, 3.63) is 95.6 Å². The van der Waals surface area contributed by atoms with E-state index in [-0.39, 0.29) is 5.78 Å². The Kier molecular flexibility index (Phi) is 3.77. The largest absolute Gasteiger partial charge is 0.497 e. The monoisotopic (exact) mass is 329 g/mol. The van der Waals surface area contributed by atoms with Gasteiger partial charge in [-0.1, -0.05) is 60.7 Å². The Morgan fingerprint density at radius 3 is 2.28 bits per heavy atom. The van der Waals surface area contributed by atoms with Crippen LogP contribution in [0.4, 0.5) is 5.69 Å². The van der Waals surface area contributed by atoms with Crippen LogP contribution >= 0.6 is 0 Å². The molecule has 1 aliphatic rings. The standard InChI is InChI=1S/C22H19NO2/c1-25-18-12-13-20-19(14-18)21(24)22(23-20,17-10-6-3-7-11-17)15-16-8-4-2-5-9-16/h2-14,23H,15H2,1H3. The first kappa shape index (κ1) is 15.5. The van der Waals surface area contributed by atoms with Crippen molar-refractivity contribution in [3.8, 4) is 5.75 Å². The summed E-state index contributed by atoms with van der Waals surface area (Å²) in [6, 6.07) is 25.7. The van der Waals surface area contributed by atoms with Gasteiger partial charge in [-0.25, -0.2) is 0 Å². The second-order valence-electron chi connectivity index (χ2n) is 6.30. The number of carbonyl (C=O) groups is 1. The highest BCUT2D eigenvalue weighted by Crippen LogP contribution is 2.42. The second kappa shape index (κ2) is 6.10. The average molecular weight is 329 g/mol. The fourth-order valence-electron chi connectivity index (χ4n) is 3.52. The Labute approximate surface area is 147 Å². The van der Waals surface area contributed by atoms with Gasteiger partial charge < -0.3 is 10.1 Å². The third-order valence-corrected chi connectivity index (χ3v) is 4.79. The molecular formula is C22H19NO2. The quantitative estimate of drug-likeness (QED) is 0.769. The van der Waals surface area contributed by atoms with Gasteiger partial charge in [-0.05, 0) is 29.3 Å². The van der Waals surface area contributed by atoms with E-state index in [1.54, 1.807) is 7.11 Å². The molecule has 1 unspecified atom stereocenters. The predicted molar refractivity (Wildman–Crippen MR) is 99.2 cm³/mol. The molecule has 0 radical (unpaired) electrons. The maximum atomic E-state index is 13.5. The molecule has 0 aromatic heterocycles. The Balaban J connectivity index is 1.84. The molecule has 0 saturated heterocycles. The molecule has 1 aliphatic heterocycles. The summed E-state index contributed by atoms with van der Waals surface area (Å²) in [6.07, 6.45) is 0.591. The summed E-state index contributed by atoms with van der Waals surface area (Å²) in [6.45, 7) is 0. The third-order valence-electron chi connectivity index (χ3n) is 4.79. The molecule has 25 heavy (non-hydrogen) atoms. The summed E-state index contributed by atoms with van der Waals surface area (Å²) < 4.78 is 5.30. The Bertz CT molecular complexity index is 906. The number of carbonyl (C=O) groups excluding carboxylic acids is 1. The summed E-state index contributed by atoms with van der Waals surface area (Å²) in [5.41, 5.74) is 2.83. The summed E-state index contributed by atoms with van der Waals surface area (Å²) in [5, 5.41) is 3.51. The SMILES string of the molecule is COc1ccc2c(c1)C(=O)C(Cc1ccccc1)(c1ccccc1)N2. The molecule has 3 aromatic rings. The molecule has 3 aromatic carbocycles. The van der Waals surface area contributed by atoms with E-state index in [0.29, 0.717) is 17.7 Å². The van der Waals surface area contributed by atoms with Crippen LogP contribution in [0.1, 0.15) is 21.5 Å². The smallest absolute Gasteiger partial charge is 0.195 e. The number of methoxy groups -OCH3 is 1. The number of Topliss-reactive ketones (excluding diaryl/α,β-unsaturated/α-hetero) is 1. The fourth-order valence-corrected chi connectivity index (χ4v) is 3.52. The minimum absolute atomic E-state index is 0.0800. The Morgan fingerprint density at radius 2 is 1.60 bits per heavy atom. The van der Waals surface area contributed by atoms with Crippen LogP contribution in [0.3, 0.4) is 0 Å². The lowest BCUT2D eigenvalue weighted by molar-refractivity contribution is 0.0916. The van der Waals surface area contributed by atoms with E-state index in [1.165, 1.54) is 0 Å². The highest BCUT2D eigenvalue weighted by Gasteiger charge is 2.46. The minimum Gasteiger partial charge on any atom is -0.497 e. The first-order valence-corrected chi connectivity index (χ1v) is 8.33. The number of hydrogen-bond acceptors (Lipinski definition) is 3. The van der Waals surface area contributed by atoms with Gasteiger partial charge in [-0.15, -0.1) is 0 Å². The lowest BCUT2D eigenvalue weighted by Crippen LogP contribution is -2.40. The van der Waals surface area contributed by atoms with Crippen molar-refractivity contribution in [1.82, 2.24) is 0 Å². The number of ether oxygens (including phenoxy) is 1.